The van der Waals surface area contributed by atoms with Gasteiger partial charge in [-0.15, -0.1) is 0 Å². The maximum Gasteiger partial charge on any atom is 0.416 e. The third-order valence-electron chi connectivity index (χ3n) is 6.03. The molecule has 1 aliphatic heterocycles. The first-order chi connectivity index (χ1) is 17.5. The average Bonchev–Trinajstić information content (AvgIpc) is 3.26. The van der Waals surface area contributed by atoms with Crippen molar-refractivity contribution in [3.63, 3.8) is 0 Å². The molecule has 1 saturated heterocycles. The number of hydrogen-bond donors (Lipinski definition) is 1. The van der Waals surface area contributed by atoms with Crippen LogP contribution in [0.5, 0.6) is 0 Å². The van der Waals surface area contributed by atoms with Gasteiger partial charge in [0.2, 0.25) is 0 Å². The fourth-order valence-corrected chi connectivity index (χ4v) is 4.20. The fourth-order valence-electron chi connectivity index (χ4n) is 4.20. The SMILES string of the molecule is CC(C)c1cnn2c(N(Cc3cccc([N+](=O)[O-])c3)C(=O)OC(C)(C)C)cc(NC3CCOCC3)nc12. The molecular formula is C26H34N6O5. The molecule has 1 aliphatic rings. The van der Waals surface area contributed by atoms with E-state index in [4.69, 9.17) is 14.5 Å². The van der Waals surface area contributed by atoms with Crippen LogP contribution in [0.25, 0.3) is 5.65 Å². The van der Waals surface area contributed by atoms with E-state index in [1.165, 1.54) is 17.0 Å². The highest BCUT2D eigenvalue weighted by atomic mass is 16.6. The summed E-state index contributed by atoms with van der Waals surface area (Å²) in [4.78, 5) is 30.8. The molecule has 3 heterocycles. The van der Waals surface area contributed by atoms with Crippen LogP contribution in [0, 0.1) is 10.1 Å². The van der Waals surface area contributed by atoms with E-state index in [-0.39, 0.29) is 24.2 Å². The number of fused-ring (bicyclic) bond motifs is 1. The minimum Gasteiger partial charge on any atom is -0.443 e. The molecule has 1 N–H and O–H groups in total. The zero-order chi connectivity index (χ0) is 26.7. The summed E-state index contributed by atoms with van der Waals surface area (Å²) in [7, 11) is 0. The predicted octanol–water partition coefficient (Wildman–Crippen LogP) is 5.29. The first-order valence-electron chi connectivity index (χ1n) is 12.5. The van der Waals surface area contributed by atoms with Crippen molar-refractivity contribution in [3.05, 3.63) is 57.8 Å². The Labute approximate surface area is 215 Å². The van der Waals surface area contributed by atoms with E-state index in [9.17, 15) is 14.9 Å². The molecule has 37 heavy (non-hydrogen) atoms. The van der Waals surface area contributed by atoms with E-state index in [2.05, 4.69) is 24.3 Å². The lowest BCUT2D eigenvalue weighted by Gasteiger charge is -2.28. The van der Waals surface area contributed by atoms with E-state index >= 15 is 0 Å². The number of nitro groups is 1. The van der Waals surface area contributed by atoms with Crippen molar-refractivity contribution < 1.29 is 19.2 Å². The summed E-state index contributed by atoms with van der Waals surface area (Å²) in [5.41, 5.74) is 1.36. The molecule has 1 fully saturated rings. The average molecular weight is 511 g/mol. The van der Waals surface area contributed by atoms with Gasteiger partial charge in [-0.25, -0.2) is 9.78 Å². The number of nitro benzene ring substituents is 1. The minimum atomic E-state index is -0.749. The Kier molecular flexibility index (Phi) is 7.63. The number of hydrogen-bond acceptors (Lipinski definition) is 8. The Bertz CT molecular complexity index is 1280. The molecule has 198 valence electrons. The monoisotopic (exact) mass is 510 g/mol. The second-order valence-electron chi connectivity index (χ2n) is 10.5. The number of nitrogens with zero attached hydrogens (tertiary/aromatic N) is 5. The van der Waals surface area contributed by atoms with Crippen molar-refractivity contribution in [2.75, 3.05) is 23.4 Å². The van der Waals surface area contributed by atoms with Gasteiger partial charge in [0, 0.05) is 43.0 Å². The summed E-state index contributed by atoms with van der Waals surface area (Å²) in [6, 6.07) is 8.19. The Morgan fingerprint density at radius 1 is 1.30 bits per heavy atom. The second-order valence-corrected chi connectivity index (χ2v) is 10.5. The Morgan fingerprint density at radius 2 is 2.03 bits per heavy atom. The molecule has 3 aromatic rings. The summed E-state index contributed by atoms with van der Waals surface area (Å²) in [5, 5.41) is 19.4. The van der Waals surface area contributed by atoms with Gasteiger partial charge in [0.25, 0.3) is 5.69 Å². The van der Waals surface area contributed by atoms with Crippen LogP contribution in [0.15, 0.2) is 36.5 Å². The molecule has 1 aromatic carbocycles. The number of rotatable bonds is 7. The van der Waals surface area contributed by atoms with Gasteiger partial charge in [-0.1, -0.05) is 26.0 Å². The van der Waals surface area contributed by atoms with Crippen LogP contribution in [-0.4, -0.2) is 50.5 Å². The topological polar surface area (TPSA) is 124 Å². The Morgan fingerprint density at radius 3 is 2.68 bits per heavy atom. The van der Waals surface area contributed by atoms with E-state index in [0.717, 1.165) is 18.4 Å². The minimum absolute atomic E-state index is 0.0449. The molecule has 11 heteroatoms. The lowest BCUT2D eigenvalue weighted by atomic mass is 10.1. The Hall–Kier alpha value is -3.73. The fraction of sp³-hybridized carbons (Fsp3) is 0.500. The number of non-ortho nitro benzene ring substituents is 1. The number of carbonyl (C=O) groups is 1. The molecule has 0 saturated carbocycles. The van der Waals surface area contributed by atoms with E-state index < -0.39 is 16.6 Å². The number of ether oxygens (including phenoxy) is 2. The van der Waals surface area contributed by atoms with Gasteiger partial charge in [0.15, 0.2) is 5.65 Å². The van der Waals surface area contributed by atoms with Crippen molar-refractivity contribution >= 4 is 29.1 Å². The zero-order valence-corrected chi connectivity index (χ0v) is 21.9. The quantitative estimate of drug-likeness (QED) is 0.336. The highest BCUT2D eigenvalue weighted by Crippen LogP contribution is 2.29. The van der Waals surface area contributed by atoms with Crippen LogP contribution in [0.4, 0.5) is 22.1 Å². The second kappa shape index (κ2) is 10.7. The maximum atomic E-state index is 13.5. The summed E-state index contributed by atoms with van der Waals surface area (Å²) in [5.74, 6) is 1.22. The number of benzene rings is 1. The van der Waals surface area contributed by atoms with Crippen molar-refractivity contribution in [1.82, 2.24) is 14.6 Å². The summed E-state index contributed by atoms with van der Waals surface area (Å²) in [6.45, 7) is 10.9. The van der Waals surface area contributed by atoms with Crippen molar-refractivity contribution in [2.45, 2.75) is 71.6 Å². The number of aromatic nitrogens is 3. The standard InChI is InChI=1S/C26H34N6O5/c1-17(2)21-15-27-31-23(14-22(29-24(21)31)28-19-9-11-36-12-10-19)30(25(33)37-26(3,4)5)16-18-7-6-8-20(13-18)32(34)35/h6-8,13-15,17,19H,9-12,16H2,1-5H3,(H,28,29). The van der Waals surface area contributed by atoms with Crippen LogP contribution in [0.2, 0.25) is 0 Å². The van der Waals surface area contributed by atoms with Crippen LogP contribution in [-0.2, 0) is 16.0 Å². The molecule has 0 aliphatic carbocycles. The van der Waals surface area contributed by atoms with Crippen LogP contribution in [0.3, 0.4) is 0 Å². The summed E-state index contributed by atoms with van der Waals surface area (Å²) < 4.78 is 12.9. The molecule has 2 aromatic heterocycles. The number of anilines is 2. The molecule has 0 radical (unpaired) electrons. The van der Waals surface area contributed by atoms with Gasteiger partial charge in [0.1, 0.15) is 17.2 Å². The van der Waals surface area contributed by atoms with Crippen molar-refractivity contribution in [3.8, 4) is 0 Å². The highest BCUT2D eigenvalue weighted by Gasteiger charge is 2.28. The van der Waals surface area contributed by atoms with Crippen LogP contribution >= 0.6 is 0 Å². The van der Waals surface area contributed by atoms with Gasteiger partial charge < -0.3 is 14.8 Å². The first-order valence-corrected chi connectivity index (χ1v) is 12.5. The molecule has 0 atom stereocenters. The molecule has 4 rings (SSSR count). The predicted molar refractivity (Wildman–Crippen MR) is 140 cm³/mol. The van der Waals surface area contributed by atoms with Crippen molar-refractivity contribution in [2.24, 2.45) is 0 Å². The van der Waals surface area contributed by atoms with Gasteiger partial charge in [0.05, 0.1) is 17.7 Å². The normalized spacial score (nSPS) is 14.6. The van der Waals surface area contributed by atoms with Crippen LogP contribution in [0.1, 0.15) is 64.5 Å². The first kappa shape index (κ1) is 26.3. The molecule has 0 spiro atoms. The summed E-state index contributed by atoms with van der Waals surface area (Å²) in [6.07, 6.45) is 2.87. The lowest BCUT2D eigenvalue weighted by molar-refractivity contribution is -0.384. The molecule has 0 bridgehead atoms. The van der Waals surface area contributed by atoms with E-state index in [1.807, 2.05) is 0 Å². The van der Waals surface area contributed by atoms with Crippen molar-refractivity contribution in [1.29, 1.82) is 0 Å². The smallest absolute Gasteiger partial charge is 0.416 e. The van der Waals surface area contributed by atoms with E-state index in [1.54, 1.807) is 49.7 Å². The largest absolute Gasteiger partial charge is 0.443 e. The van der Waals surface area contributed by atoms with Gasteiger partial charge >= 0.3 is 6.09 Å². The highest BCUT2D eigenvalue weighted by molar-refractivity contribution is 5.88. The van der Waals surface area contributed by atoms with E-state index in [0.29, 0.717) is 36.1 Å². The number of carbonyl (C=O) groups excluding carboxylic acids is 1. The maximum absolute atomic E-state index is 13.5. The third kappa shape index (κ3) is 6.34. The zero-order valence-electron chi connectivity index (χ0n) is 21.9. The van der Waals surface area contributed by atoms with Gasteiger partial charge in [-0.05, 0) is 45.1 Å². The third-order valence-corrected chi connectivity index (χ3v) is 6.03. The van der Waals surface area contributed by atoms with Gasteiger partial charge in [-0.2, -0.15) is 9.61 Å². The summed E-state index contributed by atoms with van der Waals surface area (Å²) >= 11 is 0. The molecule has 1 amide bonds. The molecule has 11 nitrogen and oxygen atoms in total. The number of amides is 1. The Balaban J connectivity index is 1.83. The van der Waals surface area contributed by atoms with Gasteiger partial charge in [-0.3, -0.25) is 15.0 Å². The molecular weight excluding hydrogens is 476 g/mol. The molecule has 0 unspecified atom stereocenters. The van der Waals surface area contributed by atoms with Crippen LogP contribution < -0.4 is 10.2 Å². The number of nitrogens with one attached hydrogen (secondary N) is 1. The lowest BCUT2D eigenvalue weighted by Crippen LogP contribution is -2.38.